The van der Waals surface area contributed by atoms with E-state index in [0.717, 1.165) is 30.9 Å². The van der Waals surface area contributed by atoms with Gasteiger partial charge in [-0.05, 0) is 48.5 Å². The van der Waals surface area contributed by atoms with Crippen molar-refractivity contribution in [2.45, 2.75) is 46.2 Å². The highest BCUT2D eigenvalue weighted by Gasteiger charge is 2.35. The minimum absolute atomic E-state index is 0.221. The molecule has 2 aromatic rings. The second kappa shape index (κ2) is 6.05. The number of fused-ring (bicyclic) bond motifs is 1. The summed E-state index contributed by atoms with van der Waals surface area (Å²) in [7, 11) is 0. The first kappa shape index (κ1) is 15.6. The Hall–Kier alpha value is -1.33. The average molecular weight is 335 g/mol. The SMILES string of the molecule is Cc1cc2c(o1)CC(C)(C)CC2NC(=S)NCc1cccs1. The van der Waals surface area contributed by atoms with Crippen LogP contribution in [0, 0.1) is 12.3 Å². The van der Waals surface area contributed by atoms with Crippen LogP contribution in [0.4, 0.5) is 0 Å². The van der Waals surface area contributed by atoms with Crippen LogP contribution in [0.1, 0.15) is 48.3 Å². The van der Waals surface area contributed by atoms with Crippen molar-refractivity contribution >= 4 is 28.7 Å². The third-order valence-corrected chi connectivity index (χ3v) is 5.18. The Morgan fingerprint density at radius 2 is 2.32 bits per heavy atom. The molecule has 1 atom stereocenters. The summed E-state index contributed by atoms with van der Waals surface area (Å²) in [5, 5.41) is 9.56. The zero-order valence-corrected chi connectivity index (χ0v) is 14.9. The minimum Gasteiger partial charge on any atom is -0.466 e. The first-order valence-corrected chi connectivity index (χ1v) is 8.88. The summed E-state index contributed by atoms with van der Waals surface area (Å²) in [5.74, 6) is 2.08. The van der Waals surface area contributed by atoms with Crippen molar-refractivity contribution in [3.63, 3.8) is 0 Å². The van der Waals surface area contributed by atoms with Gasteiger partial charge >= 0.3 is 0 Å². The first-order chi connectivity index (χ1) is 10.4. The van der Waals surface area contributed by atoms with Gasteiger partial charge in [-0.15, -0.1) is 11.3 Å². The summed E-state index contributed by atoms with van der Waals surface area (Å²) < 4.78 is 5.87. The zero-order valence-electron chi connectivity index (χ0n) is 13.2. The Kier molecular flexibility index (Phi) is 4.28. The summed E-state index contributed by atoms with van der Waals surface area (Å²) in [6.45, 7) is 7.35. The molecule has 0 aromatic carbocycles. The molecule has 118 valence electrons. The second-order valence-corrected chi connectivity index (χ2v) is 8.18. The molecule has 0 fully saturated rings. The van der Waals surface area contributed by atoms with Crippen LogP contribution in [-0.2, 0) is 13.0 Å². The summed E-state index contributed by atoms with van der Waals surface area (Å²) in [4.78, 5) is 1.29. The molecular weight excluding hydrogens is 312 g/mol. The van der Waals surface area contributed by atoms with Gasteiger partial charge in [0.2, 0.25) is 0 Å². The zero-order chi connectivity index (χ0) is 15.7. The van der Waals surface area contributed by atoms with Crippen LogP contribution in [0.3, 0.4) is 0 Å². The standard InChI is InChI=1S/C17H22N2OS2/c1-11-7-13-14(8-17(2,3)9-15(13)20-11)19-16(21)18-10-12-5-4-6-22-12/h4-7,14H,8-10H2,1-3H3,(H2,18,19,21). The van der Waals surface area contributed by atoms with E-state index in [2.05, 4.69) is 48.1 Å². The lowest BCUT2D eigenvalue weighted by atomic mass is 9.75. The molecule has 5 heteroatoms. The number of aryl methyl sites for hydroxylation is 1. The van der Waals surface area contributed by atoms with Gasteiger partial charge in [-0.3, -0.25) is 0 Å². The van der Waals surface area contributed by atoms with E-state index in [1.807, 2.05) is 6.92 Å². The van der Waals surface area contributed by atoms with Gasteiger partial charge in [-0.2, -0.15) is 0 Å². The lowest BCUT2D eigenvalue weighted by Crippen LogP contribution is -2.41. The lowest BCUT2D eigenvalue weighted by Gasteiger charge is -2.35. The number of rotatable bonds is 3. The van der Waals surface area contributed by atoms with Crippen LogP contribution < -0.4 is 10.6 Å². The number of thiocarbonyl (C=S) groups is 1. The van der Waals surface area contributed by atoms with Crippen molar-refractivity contribution in [3.05, 3.63) is 45.5 Å². The van der Waals surface area contributed by atoms with E-state index >= 15 is 0 Å². The Bertz CT molecular complexity index is 658. The normalized spacial score (nSPS) is 19.5. The van der Waals surface area contributed by atoms with Crippen molar-refractivity contribution < 1.29 is 4.42 Å². The van der Waals surface area contributed by atoms with Crippen LogP contribution >= 0.6 is 23.6 Å². The Labute approximate surface area is 141 Å². The molecule has 0 spiro atoms. The van der Waals surface area contributed by atoms with Crippen LogP contribution in [0.2, 0.25) is 0 Å². The highest BCUT2D eigenvalue weighted by atomic mass is 32.1. The van der Waals surface area contributed by atoms with Crippen LogP contribution in [-0.4, -0.2) is 5.11 Å². The monoisotopic (exact) mass is 334 g/mol. The fraction of sp³-hybridized carbons (Fsp3) is 0.471. The predicted molar refractivity (Wildman–Crippen MR) is 95.2 cm³/mol. The van der Waals surface area contributed by atoms with Crippen molar-refractivity contribution in [2.24, 2.45) is 5.41 Å². The smallest absolute Gasteiger partial charge is 0.167 e. The van der Waals surface area contributed by atoms with Crippen molar-refractivity contribution in [1.29, 1.82) is 0 Å². The van der Waals surface area contributed by atoms with Crippen molar-refractivity contribution in [1.82, 2.24) is 10.6 Å². The van der Waals surface area contributed by atoms with E-state index in [1.165, 1.54) is 10.4 Å². The molecule has 0 saturated carbocycles. The molecule has 2 heterocycles. The molecule has 1 unspecified atom stereocenters. The predicted octanol–water partition coefficient (Wildman–Crippen LogP) is 4.33. The Balaban J connectivity index is 1.67. The number of furan rings is 1. The maximum absolute atomic E-state index is 5.87. The van der Waals surface area contributed by atoms with Crippen molar-refractivity contribution in [3.8, 4) is 0 Å². The van der Waals surface area contributed by atoms with E-state index < -0.39 is 0 Å². The number of hydrogen-bond acceptors (Lipinski definition) is 3. The fourth-order valence-corrected chi connectivity index (χ4v) is 3.96. The molecule has 22 heavy (non-hydrogen) atoms. The van der Waals surface area contributed by atoms with Gasteiger partial charge in [0.05, 0.1) is 12.6 Å². The molecule has 0 amide bonds. The van der Waals surface area contributed by atoms with Crippen molar-refractivity contribution in [2.75, 3.05) is 0 Å². The summed E-state index contributed by atoms with van der Waals surface area (Å²) in [5.41, 5.74) is 1.48. The average Bonchev–Trinajstić information content (AvgIpc) is 3.04. The summed E-state index contributed by atoms with van der Waals surface area (Å²) >= 11 is 7.21. The van der Waals surface area contributed by atoms with E-state index in [9.17, 15) is 0 Å². The van der Waals surface area contributed by atoms with E-state index in [0.29, 0.717) is 5.11 Å². The molecule has 3 nitrogen and oxygen atoms in total. The molecule has 2 N–H and O–H groups in total. The van der Waals surface area contributed by atoms with Crippen LogP contribution in [0.5, 0.6) is 0 Å². The second-order valence-electron chi connectivity index (χ2n) is 6.74. The van der Waals surface area contributed by atoms with Crippen LogP contribution in [0.25, 0.3) is 0 Å². The Morgan fingerprint density at radius 3 is 3.05 bits per heavy atom. The van der Waals surface area contributed by atoms with E-state index in [4.69, 9.17) is 16.6 Å². The van der Waals surface area contributed by atoms with Gasteiger partial charge in [0.25, 0.3) is 0 Å². The number of nitrogens with one attached hydrogen (secondary N) is 2. The highest BCUT2D eigenvalue weighted by molar-refractivity contribution is 7.80. The first-order valence-electron chi connectivity index (χ1n) is 7.59. The van der Waals surface area contributed by atoms with Gasteiger partial charge in [-0.25, -0.2) is 0 Å². The molecule has 0 saturated heterocycles. The molecule has 0 bridgehead atoms. The molecule has 1 aliphatic rings. The molecular formula is C17H22N2OS2. The lowest BCUT2D eigenvalue weighted by molar-refractivity contribution is 0.245. The number of thiophene rings is 1. The molecule has 0 aliphatic heterocycles. The third kappa shape index (κ3) is 3.52. The van der Waals surface area contributed by atoms with E-state index in [1.54, 1.807) is 11.3 Å². The molecule has 1 aliphatic carbocycles. The maximum atomic E-state index is 5.87. The quantitative estimate of drug-likeness (QED) is 0.820. The maximum Gasteiger partial charge on any atom is 0.167 e. The summed E-state index contributed by atoms with van der Waals surface area (Å²) in [6.07, 6.45) is 2.05. The fourth-order valence-electron chi connectivity index (χ4n) is 3.10. The minimum atomic E-state index is 0.221. The summed E-state index contributed by atoms with van der Waals surface area (Å²) in [6, 6.07) is 6.54. The largest absolute Gasteiger partial charge is 0.466 e. The topological polar surface area (TPSA) is 37.2 Å². The molecule has 0 radical (unpaired) electrons. The van der Waals surface area contributed by atoms with Gasteiger partial charge < -0.3 is 15.1 Å². The number of hydrogen-bond donors (Lipinski definition) is 2. The third-order valence-electron chi connectivity index (χ3n) is 4.04. The van der Waals surface area contributed by atoms with Gasteiger partial charge in [0.1, 0.15) is 11.5 Å². The molecule has 3 rings (SSSR count). The highest BCUT2D eigenvalue weighted by Crippen LogP contribution is 2.41. The van der Waals surface area contributed by atoms with E-state index in [-0.39, 0.29) is 11.5 Å². The Morgan fingerprint density at radius 1 is 1.50 bits per heavy atom. The molecule has 2 aromatic heterocycles. The van der Waals surface area contributed by atoms with Gasteiger partial charge in [0.15, 0.2) is 5.11 Å². The van der Waals surface area contributed by atoms with Gasteiger partial charge in [0, 0.05) is 16.9 Å². The van der Waals surface area contributed by atoms with Gasteiger partial charge in [-0.1, -0.05) is 19.9 Å². The van der Waals surface area contributed by atoms with Crippen LogP contribution in [0.15, 0.2) is 28.0 Å².